The van der Waals surface area contributed by atoms with Crippen LogP contribution < -0.4 is 5.32 Å². The minimum absolute atomic E-state index is 0.0199. The number of hydrogen-bond acceptors (Lipinski definition) is 4. The largest absolute Gasteiger partial charge is 0.310 e. The zero-order chi connectivity index (χ0) is 14.0. The highest BCUT2D eigenvalue weighted by molar-refractivity contribution is 7.91. The van der Waals surface area contributed by atoms with Gasteiger partial charge in [0.1, 0.15) is 0 Å². The monoisotopic (exact) mass is 341 g/mol. The quantitative estimate of drug-likeness (QED) is 0.890. The Balaban J connectivity index is 2.23. The van der Waals surface area contributed by atoms with Gasteiger partial charge in [-0.3, -0.25) is 0 Å². The predicted molar refractivity (Wildman–Crippen MR) is 82.1 cm³/mol. The maximum Gasteiger partial charge on any atom is 0.150 e. The molecule has 7 heteroatoms. The van der Waals surface area contributed by atoms with Crippen molar-refractivity contribution in [2.75, 3.05) is 18.1 Å². The second kappa shape index (κ2) is 6.31. The fourth-order valence-electron chi connectivity index (χ4n) is 2.48. The number of nitrogens with one attached hydrogen (secondary N) is 1. The van der Waals surface area contributed by atoms with Gasteiger partial charge in [0, 0.05) is 11.6 Å². The number of thiophene rings is 1. The Bertz CT molecular complexity index is 542. The summed E-state index contributed by atoms with van der Waals surface area (Å²) in [6, 6.07) is 1.83. The number of rotatable bonds is 5. The summed E-state index contributed by atoms with van der Waals surface area (Å²) in [5.74, 6) is 0.593. The lowest BCUT2D eigenvalue weighted by Crippen LogP contribution is -2.29. The first-order valence-corrected chi connectivity index (χ1v) is 9.71. The first-order chi connectivity index (χ1) is 8.93. The van der Waals surface area contributed by atoms with E-state index in [9.17, 15) is 8.42 Å². The van der Waals surface area contributed by atoms with E-state index in [4.69, 9.17) is 23.2 Å². The molecule has 2 atom stereocenters. The third-order valence-electron chi connectivity index (χ3n) is 3.37. The van der Waals surface area contributed by atoms with Crippen molar-refractivity contribution in [2.45, 2.75) is 25.8 Å². The SMILES string of the molecule is CCCNC(c1cc(Cl)sc1Cl)C1CCS(=O)(=O)C1. The molecule has 0 aliphatic carbocycles. The Labute approximate surface area is 128 Å². The van der Waals surface area contributed by atoms with Crippen LogP contribution >= 0.6 is 34.5 Å². The van der Waals surface area contributed by atoms with E-state index in [0.717, 1.165) is 18.5 Å². The van der Waals surface area contributed by atoms with Crippen molar-refractivity contribution in [3.63, 3.8) is 0 Å². The Morgan fingerprint density at radius 2 is 2.26 bits per heavy atom. The van der Waals surface area contributed by atoms with E-state index in [1.807, 2.05) is 6.07 Å². The molecule has 3 nitrogen and oxygen atoms in total. The fraction of sp³-hybridized carbons (Fsp3) is 0.667. The summed E-state index contributed by atoms with van der Waals surface area (Å²) in [4.78, 5) is 0. The summed E-state index contributed by atoms with van der Waals surface area (Å²) < 4.78 is 24.6. The van der Waals surface area contributed by atoms with E-state index < -0.39 is 9.84 Å². The highest BCUT2D eigenvalue weighted by Crippen LogP contribution is 2.40. The molecule has 0 saturated carbocycles. The molecule has 0 radical (unpaired) electrons. The summed E-state index contributed by atoms with van der Waals surface area (Å²) >= 11 is 13.5. The second-order valence-corrected chi connectivity index (χ2v) is 9.39. The normalized spacial score (nSPS) is 23.6. The minimum atomic E-state index is -2.89. The molecule has 1 fully saturated rings. The van der Waals surface area contributed by atoms with E-state index in [0.29, 0.717) is 15.1 Å². The number of hydrogen-bond donors (Lipinski definition) is 1. The molecule has 1 saturated heterocycles. The molecule has 108 valence electrons. The summed E-state index contributed by atoms with van der Waals surface area (Å²) in [5, 5.41) is 3.42. The average Bonchev–Trinajstić information content (AvgIpc) is 2.83. The van der Waals surface area contributed by atoms with E-state index in [-0.39, 0.29) is 23.5 Å². The summed E-state index contributed by atoms with van der Waals surface area (Å²) in [7, 11) is -2.89. The van der Waals surface area contributed by atoms with Crippen molar-refractivity contribution >= 4 is 44.4 Å². The average molecular weight is 342 g/mol. The Morgan fingerprint density at radius 1 is 1.53 bits per heavy atom. The fourth-order valence-corrected chi connectivity index (χ4v) is 5.87. The zero-order valence-electron chi connectivity index (χ0n) is 10.7. The van der Waals surface area contributed by atoms with Gasteiger partial charge in [-0.05, 0) is 31.4 Å². The molecule has 0 amide bonds. The highest BCUT2D eigenvalue weighted by Gasteiger charge is 2.35. The maximum atomic E-state index is 11.7. The molecular formula is C12H17Cl2NO2S2. The van der Waals surface area contributed by atoms with Crippen LogP contribution in [0.2, 0.25) is 8.67 Å². The molecule has 1 aromatic rings. The van der Waals surface area contributed by atoms with E-state index in [1.165, 1.54) is 11.3 Å². The number of halogens is 2. The van der Waals surface area contributed by atoms with E-state index in [1.54, 1.807) is 0 Å². The zero-order valence-corrected chi connectivity index (χ0v) is 13.8. The molecule has 0 spiro atoms. The Hall–Kier alpha value is 0.190. The van der Waals surface area contributed by atoms with Crippen LogP contribution in [0, 0.1) is 5.92 Å². The third kappa shape index (κ3) is 3.85. The lowest BCUT2D eigenvalue weighted by atomic mass is 9.94. The Kier molecular flexibility index (Phi) is 5.17. The van der Waals surface area contributed by atoms with Gasteiger partial charge < -0.3 is 5.32 Å². The van der Waals surface area contributed by atoms with Crippen LogP contribution in [-0.4, -0.2) is 26.5 Å². The Morgan fingerprint density at radius 3 is 2.74 bits per heavy atom. The van der Waals surface area contributed by atoms with Crippen LogP contribution in [0.1, 0.15) is 31.4 Å². The molecule has 0 bridgehead atoms. The molecule has 1 aliphatic rings. The molecule has 1 N–H and O–H groups in total. The van der Waals surface area contributed by atoms with Gasteiger partial charge in [0.05, 0.1) is 20.2 Å². The van der Waals surface area contributed by atoms with Crippen molar-refractivity contribution in [1.82, 2.24) is 5.32 Å². The van der Waals surface area contributed by atoms with Gasteiger partial charge in [-0.2, -0.15) is 0 Å². The van der Waals surface area contributed by atoms with Crippen LogP contribution in [0.15, 0.2) is 6.07 Å². The highest BCUT2D eigenvalue weighted by atomic mass is 35.5. The van der Waals surface area contributed by atoms with Gasteiger partial charge in [-0.1, -0.05) is 30.1 Å². The molecule has 2 rings (SSSR count). The van der Waals surface area contributed by atoms with Gasteiger partial charge in [0.25, 0.3) is 0 Å². The van der Waals surface area contributed by atoms with Crippen molar-refractivity contribution in [3.05, 3.63) is 20.3 Å². The molecule has 2 heterocycles. The van der Waals surface area contributed by atoms with Crippen LogP contribution in [-0.2, 0) is 9.84 Å². The first kappa shape index (κ1) is 15.6. The third-order valence-corrected chi connectivity index (χ3v) is 6.68. The molecule has 1 aromatic heterocycles. The standard InChI is InChI=1S/C12H17Cl2NO2S2/c1-2-4-15-11(8-3-5-19(16,17)7-8)9-6-10(13)18-12(9)14/h6,8,11,15H,2-5,7H2,1H3. The van der Waals surface area contributed by atoms with Gasteiger partial charge in [-0.15, -0.1) is 11.3 Å². The predicted octanol–water partition coefficient (Wildman–Crippen LogP) is 3.53. The minimum Gasteiger partial charge on any atom is -0.310 e. The molecular weight excluding hydrogens is 325 g/mol. The van der Waals surface area contributed by atoms with Gasteiger partial charge in [0.2, 0.25) is 0 Å². The van der Waals surface area contributed by atoms with Crippen LogP contribution in [0.3, 0.4) is 0 Å². The summed E-state index contributed by atoms with van der Waals surface area (Å²) in [5.41, 5.74) is 0.937. The topological polar surface area (TPSA) is 46.2 Å². The van der Waals surface area contributed by atoms with E-state index in [2.05, 4.69) is 12.2 Å². The van der Waals surface area contributed by atoms with Crippen molar-refractivity contribution < 1.29 is 8.42 Å². The molecule has 19 heavy (non-hydrogen) atoms. The van der Waals surface area contributed by atoms with Gasteiger partial charge in [-0.25, -0.2) is 8.42 Å². The molecule has 1 aliphatic heterocycles. The van der Waals surface area contributed by atoms with Crippen LogP contribution in [0.5, 0.6) is 0 Å². The lowest BCUT2D eigenvalue weighted by Gasteiger charge is -2.23. The lowest BCUT2D eigenvalue weighted by molar-refractivity contribution is 0.393. The number of sulfone groups is 1. The van der Waals surface area contributed by atoms with Crippen LogP contribution in [0.25, 0.3) is 0 Å². The second-order valence-electron chi connectivity index (χ2n) is 4.87. The molecule has 2 unspecified atom stereocenters. The van der Waals surface area contributed by atoms with Crippen LogP contribution in [0.4, 0.5) is 0 Å². The van der Waals surface area contributed by atoms with Gasteiger partial charge >= 0.3 is 0 Å². The first-order valence-electron chi connectivity index (χ1n) is 6.31. The summed E-state index contributed by atoms with van der Waals surface area (Å²) in [6.45, 7) is 2.92. The summed E-state index contributed by atoms with van der Waals surface area (Å²) in [6.07, 6.45) is 1.68. The maximum absolute atomic E-state index is 11.7. The smallest absolute Gasteiger partial charge is 0.150 e. The van der Waals surface area contributed by atoms with Crippen molar-refractivity contribution in [1.29, 1.82) is 0 Å². The van der Waals surface area contributed by atoms with Gasteiger partial charge in [0.15, 0.2) is 9.84 Å². The van der Waals surface area contributed by atoms with E-state index >= 15 is 0 Å². The van der Waals surface area contributed by atoms with Crippen molar-refractivity contribution in [2.24, 2.45) is 5.92 Å². The van der Waals surface area contributed by atoms with Crippen molar-refractivity contribution in [3.8, 4) is 0 Å². The molecule has 0 aromatic carbocycles.